The van der Waals surface area contributed by atoms with Crippen LogP contribution in [0, 0.1) is 0 Å². The van der Waals surface area contributed by atoms with Crippen molar-refractivity contribution < 1.29 is 0 Å². The molecule has 0 saturated heterocycles. The molecule has 0 aliphatic heterocycles. The fourth-order valence-corrected chi connectivity index (χ4v) is 9.05. The molecule has 0 fully saturated rings. The summed E-state index contributed by atoms with van der Waals surface area (Å²) in [5.41, 5.74) is 14.1. The molecule has 0 atom stereocenters. The molecule has 5 heteroatoms. The Balaban J connectivity index is 1.01. The third kappa shape index (κ3) is 5.86. The molecule has 0 amide bonds. The first-order valence-corrected chi connectivity index (χ1v) is 20.5. The molecule has 0 saturated carbocycles. The molecule has 284 valence electrons. The fraction of sp³-hybridized carbons (Fsp3) is 0. The van der Waals surface area contributed by atoms with E-state index in [0.717, 1.165) is 83.6 Å². The quantitative estimate of drug-likeness (QED) is 0.158. The standard InChI is InChI=1S/C56H35N5/c1-2-14-42-39(13-1)33-47(44-16-4-3-15-43(42)44)37-23-25-38(26-24-37)55-54-46-18-6-8-22-53(46)61(56(54)45-17-5-7-19-48(45)60-55)41-29-27-36(28-30-41)40-34-51(49-20-9-11-31-57-49)59-52(35-40)50-21-10-12-32-58-50/h1-35H. The van der Waals surface area contributed by atoms with Gasteiger partial charge in [0.2, 0.25) is 0 Å². The van der Waals surface area contributed by atoms with E-state index in [1.807, 2.05) is 36.4 Å². The zero-order valence-corrected chi connectivity index (χ0v) is 32.9. The van der Waals surface area contributed by atoms with Gasteiger partial charge in [-0.15, -0.1) is 0 Å². The van der Waals surface area contributed by atoms with Crippen molar-refractivity contribution in [1.29, 1.82) is 0 Å². The third-order valence-electron chi connectivity index (χ3n) is 11.9. The average molecular weight is 778 g/mol. The zero-order chi connectivity index (χ0) is 40.3. The molecule has 0 unspecified atom stereocenters. The van der Waals surface area contributed by atoms with Crippen LogP contribution in [0.15, 0.2) is 213 Å². The Labute approximate surface area is 351 Å². The molecule has 5 aromatic heterocycles. The van der Waals surface area contributed by atoms with E-state index >= 15 is 0 Å². The number of hydrogen-bond acceptors (Lipinski definition) is 4. The van der Waals surface area contributed by atoms with E-state index in [2.05, 4.69) is 178 Å². The molecule has 0 radical (unpaired) electrons. The van der Waals surface area contributed by atoms with E-state index in [0.29, 0.717) is 0 Å². The van der Waals surface area contributed by atoms with Crippen LogP contribution in [-0.4, -0.2) is 24.5 Å². The monoisotopic (exact) mass is 777 g/mol. The predicted molar refractivity (Wildman–Crippen MR) is 252 cm³/mol. The van der Waals surface area contributed by atoms with Gasteiger partial charge in [0.25, 0.3) is 0 Å². The highest BCUT2D eigenvalue weighted by molar-refractivity contribution is 6.22. The summed E-state index contributed by atoms with van der Waals surface area (Å²) in [6.45, 7) is 0. The summed E-state index contributed by atoms with van der Waals surface area (Å²) >= 11 is 0. The second kappa shape index (κ2) is 14.2. The van der Waals surface area contributed by atoms with Crippen molar-refractivity contribution in [2.75, 3.05) is 0 Å². The Morgan fingerprint density at radius 3 is 1.64 bits per heavy atom. The summed E-state index contributed by atoms with van der Waals surface area (Å²) in [7, 11) is 0. The first-order valence-electron chi connectivity index (χ1n) is 20.5. The minimum Gasteiger partial charge on any atom is -0.308 e. The Morgan fingerprint density at radius 1 is 0.361 bits per heavy atom. The van der Waals surface area contributed by atoms with Gasteiger partial charge in [-0.25, -0.2) is 9.97 Å². The van der Waals surface area contributed by atoms with Crippen LogP contribution in [-0.2, 0) is 0 Å². The highest BCUT2D eigenvalue weighted by Gasteiger charge is 2.21. The average Bonchev–Trinajstić information content (AvgIpc) is 3.70. The number of pyridine rings is 4. The minimum absolute atomic E-state index is 0.801. The normalized spacial score (nSPS) is 11.6. The van der Waals surface area contributed by atoms with Crippen molar-refractivity contribution in [3.63, 3.8) is 0 Å². The van der Waals surface area contributed by atoms with Crippen molar-refractivity contribution in [3.05, 3.63) is 213 Å². The predicted octanol–water partition coefficient (Wildman–Crippen LogP) is 14.2. The maximum absolute atomic E-state index is 5.41. The molecule has 61 heavy (non-hydrogen) atoms. The van der Waals surface area contributed by atoms with Crippen molar-refractivity contribution in [2.24, 2.45) is 0 Å². The van der Waals surface area contributed by atoms with Gasteiger partial charge in [0.1, 0.15) is 0 Å². The molecule has 7 aromatic carbocycles. The smallest absolute Gasteiger partial charge is 0.0900 e. The highest BCUT2D eigenvalue weighted by atomic mass is 15.0. The van der Waals surface area contributed by atoms with Crippen molar-refractivity contribution in [3.8, 4) is 62.0 Å². The Hall–Kier alpha value is -8.28. The first kappa shape index (κ1) is 34.7. The van der Waals surface area contributed by atoms with Gasteiger partial charge in [-0.3, -0.25) is 9.97 Å². The second-order valence-electron chi connectivity index (χ2n) is 15.4. The number of aromatic nitrogens is 5. The van der Waals surface area contributed by atoms with Crippen LogP contribution in [0.25, 0.3) is 116 Å². The van der Waals surface area contributed by atoms with E-state index in [1.165, 1.54) is 32.7 Å². The topological polar surface area (TPSA) is 56.5 Å². The molecule has 0 bridgehead atoms. The van der Waals surface area contributed by atoms with Crippen LogP contribution in [0.3, 0.4) is 0 Å². The second-order valence-corrected chi connectivity index (χ2v) is 15.4. The maximum Gasteiger partial charge on any atom is 0.0900 e. The first-order chi connectivity index (χ1) is 30.2. The van der Waals surface area contributed by atoms with Gasteiger partial charge in [0.15, 0.2) is 0 Å². The van der Waals surface area contributed by atoms with Gasteiger partial charge in [-0.05, 0) is 111 Å². The van der Waals surface area contributed by atoms with Crippen molar-refractivity contribution >= 4 is 54.3 Å². The van der Waals surface area contributed by atoms with Gasteiger partial charge in [-0.1, -0.05) is 133 Å². The van der Waals surface area contributed by atoms with Gasteiger partial charge < -0.3 is 4.57 Å². The SMILES string of the molecule is c1ccc(-c2cc(-c3ccc(-n4c5ccccc5c5c(-c6ccc(-c7cc8ccccc8c8ccccc78)cc6)nc6ccccc6c54)cc3)cc(-c3ccccn3)n2)nc1. The molecule has 5 nitrogen and oxygen atoms in total. The van der Waals surface area contributed by atoms with E-state index < -0.39 is 0 Å². The van der Waals surface area contributed by atoms with Crippen molar-refractivity contribution in [1.82, 2.24) is 24.5 Å². The number of nitrogens with zero attached hydrogens (tertiary/aromatic N) is 5. The maximum atomic E-state index is 5.41. The van der Waals surface area contributed by atoms with Gasteiger partial charge in [0, 0.05) is 39.8 Å². The number of rotatable bonds is 6. The number of benzene rings is 7. The van der Waals surface area contributed by atoms with Crippen molar-refractivity contribution in [2.45, 2.75) is 0 Å². The van der Waals surface area contributed by atoms with Crippen LogP contribution < -0.4 is 0 Å². The summed E-state index contributed by atoms with van der Waals surface area (Å²) < 4.78 is 2.41. The molecule has 12 rings (SSSR count). The molecule has 0 aliphatic rings. The summed E-state index contributed by atoms with van der Waals surface area (Å²) in [6, 6.07) is 70.8. The third-order valence-corrected chi connectivity index (χ3v) is 11.9. The minimum atomic E-state index is 0.801. The van der Waals surface area contributed by atoms with Crippen LogP contribution in [0.2, 0.25) is 0 Å². The molecule has 0 aliphatic carbocycles. The lowest BCUT2D eigenvalue weighted by Gasteiger charge is -2.14. The lowest BCUT2D eigenvalue weighted by Crippen LogP contribution is -1.97. The zero-order valence-electron chi connectivity index (χ0n) is 32.9. The lowest BCUT2D eigenvalue weighted by atomic mass is 9.92. The summed E-state index contributed by atoms with van der Waals surface area (Å²) in [5.74, 6) is 0. The molecular formula is C56H35N5. The van der Waals surface area contributed by atoms with Gasteiger partial charge in [-0.2, -0.15) is 0 Å². The van der Waals surface area contributed by atoms with Crippen LogP contribution in [0.1, 0.15) is 0 Å². The Morgan fingerprint density at radius 2 is 0.934 bits per heavy atom. The molecule has 5 heterocycles. The van der Waals surface area contributed by atoms with Crippen LogP contribution in [0.4, 0.5) is 0 Å². The number of hydrogen-bond donors (Lipinski definition) is 0. The van der Waals surface area contributed by atoms with Gasteiger partial charge in [0.05, 0.1) is 45.0 Å². The molecule has 0 N–H and O–H groups in total. The van der Waals surface area contributed by atoms with E-state index in [1.54, 1.807) is 12.4 Å². The summed E-state index contributed by atoms with van der Waals surface area (Å²) in [6.07, 6.45) is 3.61. The largest absolute Gasteiger partial charge is 0.308 e. The fourth-order valence-electron chi connectivity index (χ4n) is 9.05. The van der Waals surface area contributed by atoms with Crippen LogP contribution in [0.5, 0.6) is 0 Å². The van der Waals surface area contributed by atoms with E-state index in [9.17, 15) is 0 Å². The summed E-state index contributed by atoms with van der Waals surface area (Å²) in [4.78, 5) is 19.7. The molecule has 0 spiro atoms. The Bertz CT molecular complexity index is 3560. The molecular weight excluding hydrogens is 743 g/mol. The number of fused-ring (bicyclic) bond motifs is 8. The Kier molecular flexibility index (Phi) is 8.10. The molecule has 12 aromatic rings. The van der Waals surface area contributed by atoms with Crippen LogP contribution >= 0.6 is 0 Å². The summed E-state index contributed by atoms with van der Waals surface area (Å²) in [5, 5.41) is 8.43. The van der Waals surface area contributed by atoms with Gasteiger partial charge >= 0.3 is 0 Å². The highest BCUT2D eigenvalue weighted by Crippen LogP contribution is 2.43. The van der Waals surface area contributed by atoms with E-state index in [-0.39, 0.29) is 0 Å². The van der Waals surface area contributed by atoms with E-state index in [4.69, 9.17) is 9.97 Å². The lowest BCUT2D eigenvalue weighted by molar-refractivity contribution is 1.18. The number of para-hydroxylation sites is 2.